The zero-order valence-corrected chi connectivity index (χ0v) is 19.6. The molecule has 3 unspecified atom stereocenters. The van der Waals surface area contributed by atoms with Gasteiger partial charge in [-0.25, -0.2) is 0 Å². The van der Waals surface area contributed by atoms with E-state index in [2.05, 4.69) is 0 Å². The third-order valence-electron chi connectivity index (χ3n) is 0. The van der Waals surface area contributed by atoms with Crippen molar-refractivity contribution >= 4 is 101 Å². The molecule has 0 radical (unpaired) electrons. The van der Waals surface area contributed by atoms with E-state index in [0.717, 1.165) is 0 Å². The summed E-state index contributed by atoms with van der Waals surface area (Å²) in [4.78, 5) is 0. The van der Waals surface area contributed by atoms with Gasteiger partial charge in [0.05, 0.1) is 0 Å². The molecule has 0 aliphatic heterocycles. The van der Waals surface area contributed by atoms with Crippen LogP contribution in [0.15, 0.2) is 0 Å². The first-order valence-corrected chi connectivity index (χ1v) is 0. The Labute approximate surface area is 141 Å². The third-order valence-corrected chi connectivity index (χ3v) is 0. The largest absolute Gasteiger partial charge is 4.00 e. The maximum Gasteiger partial charge on any atom is 4.00 e. The minimum absolute atomic E-state index is 0. The first-order valence-electron chi connectivity index (χ1n) is 0. The van der Waals surface area contributed by atoms with Gasteiger partial charge in [-0.15, -0.1) is 0 Å². The summed E-state index contributed by atoms with van der Waals surface area (Å²) in [6, 6.07) is 0. The Bertz CT molecular complexity index is 27.8. The van der Waals surface area contributed by atoms with Gasteiger partial charge in [0.25, 0.3) is 0 Å². The SMILES string of the molecule is P.P.P.[F-].[F-].[F-].[F-].[O-2].[O-2].[O-2].[O-2].[Sn+4].[Sn+4].[Sn+4]. The van der Waals surface area contributed by atoms with Crippen LogP contribution in [0.25, 0.3) is 0 Å². The molecule has 0 saturated heterocycles. The van der Waals surface area contributed by atoms with E-state index in [1.165, 1.54) is 0 Å². The molecule has 0 rings (SSSR count). The Kier molecular flexibility index (Phi) is 11100. The molecule has 0 aliphatic carbocycles. The number of hydrogen-bond acceptors (Lipinski definition) is 0. The molecule has 0 amide bonds. The number of halogens is 4. The average Bonchev–Trinajstić information content (AvgIpc) is 0. The van der Waals surface area contributed by atoms with Gasteiger partial charge in [-0.05, 0) is 0 Å². The summed E-state index contributed by atoms with van der Waals surface area (Å²) >= 11 is 0. The molecule has 3 atom stereocenters. The summed E-state index contributed by atoms with van der Waals surface area (Å²) in [6.45, 7) is 0. The van der Waals surface area contributed by atoms with E-state index in [0.29, 0.717) is 0 Å². The number of rotatable bonds is 0. The summed E-state index contributed by atoms with van der Waals surface area (Å²) in [7, 11) is 0. The van der Waals surface area contributed by atoms with Crippen LogP contribution in [0.5, 0.6) is 0 Å². The van der Waals surface area contributed by atoms with Crippen molar-refractivity contribution in [3.63, 3.8) is 0 Å². The van der Waals surface area contributed by atoms with Gasteiger partial charge in [-0.3, -0.25) is 0 Å². The molecule has 88 valence electrons. The van der Waals surface area contributed by atoms with Crippen molar-refractivity contribution in [1.82, 2.24) is 0 Å². The summed E-state index contributed by atoms with van der Waals surface area (Å²) in [5.41, 5.74) is 0. The first-order chi connectivity index (χ1) is 0. The van der Waals surface area contributed by atoms with Crippen molar-refractivity contribution in [2.75, 3.05) is 0 Å². The minimum atomic E-state index is 0. The molecule has 14 heavy (non-hydrogen) atoms. The predicted octanol–water partition coefficient (Wildman–Crippen LogP) is -13.4. The molecule has 0 bridgehead atoms. The van der Waals surface area contributed by atoms with Crippen LogP contribution < -0.4 is 18.8 Å². The summed E-state index contributed by atoms with van der Waals surface area (Å²) < 4.78 is 0. The molecule has 0 aliphatic rings. The Morgan fingerprint density at radius 3 is 0.286 bits per heavy atom. The van der Waals surface area contributed by atoms with Crippen molar-refractivity contribution in [3.8, 4) is 0 Å². The standard InChI is InChI=1S/4FH.4O.3H3P.3Sn/h4*1H;;;;;3*1H3;;;/q;;;;4*-2;;;;3*+4/p-4. The van der Waals surface area contributed by atoms with E-state index >= 15 is 0 Å². The summed E-state index contributed by atoms with van der Waals surface area (Å²) in [5.74, 6) is 0. The smallest absolute Gasteiger partial charge is 2.00 e. The molecule has 14 heteroatoms. The van der Waals surface area contributed by atoms with Crippen LogP contribution in [0, 0.1) is 0 Å². The second-order valence-electron chi connectivity index (χ2n) is 0. The van der Waals surface area contributed by atoms with E-state index in [1.807, 2.05) is 0 Å². The Morgan fingerprint density at radius 2 is 0.286 bits per heavy atom. The minimum Gasteiger partial charge on any atom is -2.00 e. The molecule has 0 heterocycles. The number of hydrogen-bond donors (Lipinski definition) is 0. The van der Waals surface area contributed by atoms with Crippen LogP contribution in [-0.4, -0.2) is 71.7 Å². The molecule has 0 aromatic heterocycles. The van der Waals surface area contributed by atoms with Crippen LogP contribution in [0.1, 0.15) is 0 Å². The zero-order valence-electron chi connectivity index (χ0n) is 6.77. The van der Waals surface area contributed by atoms with Gasteiger partial charge < -0.3 is 40.7 Å². The molecular weight excluding hydrogens is 589 g/mol. The normalized spacial score (nSPS) is 0. The van der Waals surface area contributed by atoms with Gasteiger partial charge in [-0.2, -0.15) is 29.7 Å². The van der Waals surface area contributed by atoms with E-state index in [1.54, 1.807) is 0 Å². The van der Waals surface area contributed by atoms with Crippen LogP contribution in [0.3, 0.4) is 0 Å². The van der Waals surface area contributed by atoms with E-state index in [-0.39, 0.29) is 142 Å². The molecule has 0 aromatic carbocycles. The maximum atomic E-state index is 0. The van der Waals surface area contributed by atoms with Gasteiger partial charge in [0.2, 0.25) is 0 Å². The van der Waals surface area contributed by atoms with Gasteiger partial charge >= 0.3 is 71.7 Å². The molecule has 0 spiro atoms. The molecule has 0 aromatic rings. The van der Waals surface area contributed by atoms with Crippen LogP contribution >= 0.6 is 29.7 Å². The Balaban J connectivity index is 0. The van der Waals surface area contributed by atoms with E-state index < -0.39 is 0 Å². The third kappa shape index (κ3) is 294. The molecular formula is H9F4O4P3Sn3. The van der Waals surface area contributed by atoms with E-state index in [9.17, 15) is 0 Å². The van der Waals surface area contributed by atoms with Crippen molar-refractivity contribution < 1.29 is 40.7 Å². The van der Waals surface area contributed by atoms with Crippen molar-refractivity contribution in [2.45, 2.75) is 0 Å². The zero-order chi connectivity index (χ0) is 0. The quantitative estimate of drug-likeness (QED) is 0.150. The average molecular weight is 598 g/mol. The van der Waals surface area contributed by atoms with Gasteiger partial charge in [0, 0.05) is 0 Å². The Hall–Kier alpha value is 3.25. The molecule has 4 nitrogen and oxygen atoms in total. The van der Waals surface area contributed by atoms with Crippen molar-refractivity contribution in [1.29, 1.82) is 0 Å². The summed E-state index contributed by atoms with van der Waals surface area (Å²) in [5, 5.41) is 0. The summed E-state index contributed by atoms with van der Waals surface area (Å²) in [6.07, 6.45) is 0. The second kappa shape index (κ2) is 358. The predicted molar refractivity (Wildman–Crippen MR) is 53.3 cm³/mol. The topological polar surface area (TPSA) is 114 Å². The van der Waals surface area contributed by atoms with Crippen LogP contribution in [-0.2, 0) is 21.9 Å². The van der Waals surface area contributed by atoms with Gasteiger partial charge in [0.15, 0.2) is 0 Å². The Morgan fingerprint density at radius 1 is 0.286 bits per heavy atom. The fourth-order valence-corrected chi connectivity index (χ4v) is 0. The van der Waals surface area contributed by atoms with Gasteiger partial charge in [0.1, 0.15) is 0 Å². The van der Waals surface area contributed by atoms with Crippen molar-refractivity contribution in [2.24, 2.45) is 0 Å². The maximum absolute atomic E-state index is 0. The van der Waals surface area contributed by atoms with Crippen molar-refractivity contribution in [3.05, 3.63) is 0 Å². The molecule has 0 fully saturated rings. The van der Waals surface area contributed by atoms with Crippen LogP contribution in [0.4, 0.5) is 0 Å². The molecule has 0 N–H and O–H groups in total. The van der Waals surface area contributed by atoms with Crippen LogP contribution in [0.2, 0.25) is 0 Å². The van der Waals surface area contributed by atoms with E-state index in [4.69, 9.17) is 0 Å². The molecule has 0 saturated carbocycles. The monoisotopic (exact) mass is 602 g/mol. The van der Waals surface area contributed by atoms with Gasteiger partial charge in [-0.1, -0.05) is 0 Å². The second-order valence-corrected chi connectivity index (χ2v) is 0. The fourth-order valence-electron chi connectivity index (χ4n) is 0. The first kappa shape index (κ1) is 432. The fraction of sp³-hybridized carbons (Fsp3) is 0.